The number of aromatic nitrogens is 3. The molecule has 1 fully saturated rings. The van der Waals surface area contributed by atoms with E-state index in [1.54, 1.807) is 0 Å². The van der Waals surface area contributed by atoms with Crippen LogP contribution < -0.4 is 5.32 Å². The second-order valence-corrected chi connectivity index (χ2v) is 6.08. The van der Waals surface area contributed by atoms with E-state index in [0.29, 0.717) is 17.6 Å². The number of carbonyl (C=O) groups excluding carboxylic acids is 1. The molecular weight excluding hydrogens is 320 g/mol. The average molecular weight is 337 g/mol. The molecule has 1 aliphatic rings. The van der Waals surface area contributed by atoms with Crippen LogP contribution in [0, 0.1) is 0 Å². The Balaban J connectivity index is 1.75. The van der Waals surface area contributed by atoms with Crippen LogP contribution in [0.2, 0.25) is 0 Å². The highest BCUT2D eigenvalue weighted by molar-refractivity contribution is 9.10. The number of anilines is 1. The maximum atomic E-state index is 12.3. The monoisotopic (exact) mass is 336 g/mol. The van der Waals surface area contributed by atoms with E-state index in [2.05, 4.69) is 38.4 Å². The Kier molecular flexibility index (Phi) is 3.65. The fraction of sp³-hybridized carbons (Fsp3) is 0.429. The number of hydrogen-bond donors (Lipinski definition) is 2. The Hall–Kier alpha value is -1.56. The summed E-state index contributed by atoms with van der Waals surface area (Å²) in [6.45, 7) is 2.11. The molecular formula is C14H17BrN4O. The van der Waals surface area contributed by atoms with Crippen molar-refractivity contribution < 1.29 is 4.79 Å². The lowest BCUT2D eigenvalue weighted by molar-refractivity contribution is 0.101. The number of amides is 1. The number of carbonyl (C=O) groups is 1. The minimum atomic E-state index is -0.114. The van der Waals surface area contributed by atoms with Crippen LogP contribution >= 0.6 is 15.9 Å². The van der Waals surface area contributed by atoms with Crippen molar-refractivity contribution in [3.8, 4) is 0 Å². The van der Waals surface area contributed by atoms with Gasteiger partial charge in [-0.3, -0.25) is 9.89 Å². The van der Waals surface area contributed by atoms with Crippen molar-refractivity contribution in [3.05, 3.63) is 34.2 Å². The summed E-state index contributed by atoms with van der Waals surface area (Å²) in [6, 6.07) is 4.21. The summed E-state index contributed by atoms with van der Waals surface area (Å²) < 4.78 is 2.97. The van der Waals surface area contributed by atoms with Crippen LogP contribution in [0.25, 0.3) is 0 Å². The van der Waals surface area contributed by atoms with Gasteiger partial charge in [0, 0.05) is 28.5 Å². The van der Waals surface area contributed by atoms with Crippen LogP contribution in [0.3, 0.4) is 0 Å². The van der Waals surface area contributed by atoms with Gasteiger partial charge >= 0.3 is 0 Å². The van der Waals surface area contributed by atoms with Crippen LogP contribution in [0.1, 0.15) is 48.4 Å². The summed E-state index contributed by atoms with van der Waals surface area (Å²) >= 11 is 3.43. The van der Waals surface area contributed by atoms with Crippen molar-refractivity contribution in [2.24, 2.45) is 0 Å². The van der Waals surface area contributed by atoms with Gasteiger partial charge in [0.25, 0.3) is 5.91 Å². The molecule has 1 amide bonds. The quantitative estimate of drug-likeness (QED) is 0.877. The summed E-state index contributed by atoms with van der Waals surface area (Å²) in [5, 5.41) is 9.91. The SMILES string of the molecule is CCCc1cc(NC(=O)c2cc(Br)cn2C2CC2)n[nH]1. The van der Waals surface area contributed by atoms with E-state index in [-0.39, 0.29) is 5.91 Å². The zero-order valence-electron chi connectivity index (χ0n) is 11.3. The van der Waals surface area contributed by atoms with Gasteiger partial charge in [0.15, 0.2) is 5.82 Å². The molecule has 0 spiro atoms. The van der Waals surface area contributed by atoms with E-state index in [9.17, 15) is 4.79 Å². The van der Waals surface area contributed by atoms with Crippen molar-refractivity contribution in [3.63, 3.8) is 0 Å². The van der Waals surface area contributed by atoms with Crippen LogP contribution in [-0.4, -0.2) is 20.7 Å². The largest absolute Gasteiger partial charge is 0.339 e. The molecule has 0 aliphatic heterocycles. The van der Waals surface area contributed by atoms with Gasteiger partial charge in [0.2, 0.25) is 0 Å². The van der Waals surface area contributed by atoms with E-state index < -0.39 is 0 Å². The Bertz CT molecular complexity index is 627. The molecule has 0 unspecified atom stereocenters. The minimum Gasteiger partial charge on any atom is -0.339 e. The van der Waals surface area contributed by atoms with Gasteiger partial charge in [-0.05, 0) is 41.3 Å². The fourth-order valence-corrected chi connectivity index (χ4v) is 2.72. The smallest absolute Gasteiger partial charge is 0.273 e. The fourth-order valence-electron chi connectivity index (χ4n) is 2.29. The molecule has 2 aromatic heterocycles. The normalized spacial score (nSPS) is 14.5. The first kappa shape index (κ1) is 13.4. The third-order valence-corrected chi connectivity index (χ3v) is 3.81. The molecule has 106 valence electrons. The molecule has 0 atom stereocenters. The number of hydrogen-bond acceptors (Lipinski definition) is 2. The Labute approximate surface area is 125 Å². The van der Waals surface area contributed by atoms with Gasteiger partial charge < -0.3 is 9.88 Å². The van der Waals surface area contributed by atoms with Crippen LogP contribution in [0.4, 0.5) is 5.82 Å². The highest BCUT2D eigenvalue weighted by Gasteiger charge is 2.27. The van der Waals surface area contributed by atoms with E-state index in [0.717, 1.165) is 35.8 Å². The first-order chi connectivity index (χ1) is 9.67. The summed E-state index contributed by atoms with van der Waals surface area (Å²) in [4.78, 5) is 12.3. The summed E-state index contributed by atoms with van der Waals surface area (Å²) in [5.41, 5.74) is 1.72. The predicted molar refractivity (Wildman–Crippen MR) is 80.9 cm³/mol. The molecule has 3 rings (SSSR count). The number of halogens is 1. The molecule has 2 aromatic rings. The average Bonchev–Trinajstić information content (AvgIpc) is 3.05. The Morgan fingerprint density at radius 1 is 1.55 bits per heavy atom. The lowest BCUT2D eigenvalue weighted by Gasteiger charge is -2.06. The van der Waals surface area contributed by atoms with Crippen molar-refractivity contribution in [2.45, 2.75) is 38.6 Å². The standard InChI is InChI=1S/C14H17BrN4O/c1-2-3-10-7-13(18-17-10)16-14(20)12-6-9(15)8-19(12)11-4-5-11/h6-8,11H,2-5H2,1H3,(H2,16,17,18,20). The summed E-state index contributed by atoms with van der Waals surface area (Å²) in [5.74, 6) is 0.468. The van der Waals surface area contributed by atoms with Gasteiger partial charge in [-0.2, -0.15) is 5.10 Å². The molecule has 1 aliphatic carbocycles. The lowest BCUT2D eigenvalue weighted by Crippen LogP contribution is -2.16. The lowest BCUT2D eigenvalue weighted by atomic mass is 10.2. The zero-order chi connectivity index (χ0) is 14.1. The van der Waals surface area contributed by atoms with Crippen molar-refractivity contribution in [1.29, 1.82) is 0 Å². The van der Waals surface area contributed by atoms with Gasteiger partial charge in [-0.1, -0.05) is 13.3 Å². The molecule has 5 nitrogen and oxygen atoms in total. The molecule has 2 heterocycles. The topological polar surface area (TPSA) is 62.7 Å². The number of aromatic amines is 1. The molecule has 0 saturated heterocycles. The van der Waals surface area contributed by atoms with Gasteiger partial charge in [0.1, 0.15) is 5.69 Å². The van der Waals surface area contributed by atoms with Gasteiger partial charge in [0.05, 0.1) is 0 Å². The maximum Gasteiger partial charge on any atom is 0.273 e. The predicted octanol–water partition coefficient (Wildman–Crippen LogP) is 3.51. The van der Waals surface area contributed by atoms with Gasteiger partial charge in [-0.15, -0.1) is 0 Å². The van der Waals surface area contributed by atoms with Crippen molar-refractivity contribution >= 4 is 27.7 Å². The van der Waals surface area contributed by atoms with E-state index in [1.165, 1.54) is 0 Å². The first-order valence-corrected chi connectivity index (χ1v) is 7.69. The maximum absolute atomic E-state index is 12.3. The number of H-pyrrole nitrogens is 1. The second-order valence-electron chi connectivity index (χ2n) is 5.16. The molecule has 6 heteroatoms. The number of aryl methyl sites for hydroxylation is 1. The number of nitrogens with one attached hydrogen (secondary N) is 2. The molecule has 20 heavy (non-hydrogen) atoms. The molecule has 0 radical (unpaired) electrons. The van der Waals surface area contributed by atoms with Crippen molar-refractivity contribution in [2.75, 3.05) is 5.32 Å². The van der Waals surface area contributed by atoms with Crippen molar-refractivity contribution in [1.82, 2.24) is 14.8 Å². The minimum absolute atomic E-state index is 0.114. The second kappa shape index (κ2) is 5.44. The molecule has 0 aromatic carbocycles. The first-order valence-electron chi connectivity index (χ1n) is 6.90. The summed E-state index contributed by atoms with van der Waals surface area (Å²) in [6.07, 6.45) is 6.24. The van der Waals surface area contributed by atoms with E-state index >= 15 is 0 Å². The molecule has 2 N–H and O–H groups in total. The van der Waals surface area contributed by atoms with Gasteiger partial charge in [-0.25, -0.2) is 0 Å². The molecule has 0 bridgehead atoms. The zero-order valence-corrected chi connectivity index (χ0v) is 12.9. The van der Waals surface area contributed by atoms with E-state index in [4.69, 9.17) is 0 Å². The summed E-state index contributed by atoms with van der Waals surface area (Å²) in [7, 11) is 0. The highest BCUT2D eigenvalue weighted by Crippen LogP contribution is 2.37. The third-order valence-electron chi connectivity index (χ3n) is 3.38. The Morgan fingerprint density at radius 2 is 2.35 bits per heavy atom. The van der Waals surface area contributed by atoms with E-state index in [1.807, 2.05) is 22.9 Å². The highest BCUT2D eigenvalue weighted by atomic mass is 79.9. The number of nitrogens with zero attached hydrogens (tertiary/aromatic N) is 2. The van der Waals surface area contributed by atoms with Crippen LogP contribution in [0.5, 0.6) is 0 Å². The molecule has 1 saturated carbocycles. The Morgan fingerprint density at radius 3 is 3.05 bits per heavy atom. The number of rotatable bonds is 5. The van der Waals surface area contributed by atoms with Crippen LogP contribution in [0.15, 0.2) is 22.8 Å². The van der Waals surface area contributed by atoms with Crippen LogP contribution in [-0.2, 0) is 6.42 Å². The third kappa shape index (κ3) is 2.80.